The van der Waals surface area contributed by atoms with Crippen LogP contribution in [0.2, 0.25) is 0 Å². The van der Waals surface area contributed by atoms with E-state index in [1.807, 2.05) is 0 Å². The summed E-state index contributed by atoms with van der Waals surface area (Å²) in [4.78, 5) is 0. The molecular weight excluding hydrogens is 223 g/mol. The zero-order chi connectivity index (χ0) is 13.1. The van der Waals surface area contributed by atoms with Gasteiger partial charge in [0.05, 0.1) is 18.3 Å². The predicted octanol–water partition coefficient (Wildman–Crippen LogP) is 2.42. The Balaban J connectivity index is 2.70. The van der Waals surface area contributed by atoms with Gasteiger partial charge in [-0.05, 0) is 39.0 Å². The molecule has 0 saturated carbocycles. The van der Waals surface area contributed by atoms with E-state index >= 15 is 0 Å². The van der Waals surface area contributed by atoms with E-state index < -0.39 is 17.5 Å². The van der Waals surface area contributed by atoms with Gasteiger partial charge < -0.3 is 14.9 Å². The minimum atomic E-state index is -0.801. The number of aliphatic hydroxyl groups excluding tert-OH is 1. The SMILES string of the molecule is C[C@H](O)c1cc(F)ccc1OCCC(C)(C)O. The van der Waals surface area contributed by atoms with E-state index in [0.717, 1.165) is 0 Å². The molecule has 0 saturated heterocycles. The van der Waals surface area contributed by atoms with E-state index in [-0.39, 0.29) is 0 Å². The van der Waals surface area contributed by atoms with Crippen LogP contribution in [0.3, 0.4) is 0 Å². The van der Waals surface area contributed by atoms with Crippen molar-refractivity contribution in [3.8, 4) is 5.75 Å². The first kappa shape index (κ1) is 13.9. The molecule has 0 bridgehead atoms. The van der Waals surface area contributed by atoms with Crippen LogP contribution in [-0.4, -0.2) is 22.4 Å². The minimum absolute atomic E-state index is 0.314. The Morgan fingerprint density at radius 1 is 1.41 bits per heavy atom. The first-order chi connectivity index (χ1) is 7.79. The Morgan fingerprint density at radius 3 is 2.59 bits per heavy atom. The molecule has 0 aliphatic carbocycles. The molecule has 1 atom stereocenters. The van der Waals surface area contributed by atoms with Crippen molar-refractivity contribution in [3.05, 3.63) is 29.6 Å². The van der Waals surface area contributed by atoms with Crippen molar-refractivity contribution in [2.75, 3.05) is 6.61 Å². The van der Waals surface area contributed by atoms with Crippen molar-refractivity contribution in [2.24, 2.45) is 0 Å². The molecule has 0 aliphatic heterocycles. The normalized spacial score (nSPS) is 13.5. The van der Waals surface area contributed by atoms with Gasteiger partial charge in [-0.2, -0.15) is 0 Å². The summed E-state index contributed by atoms with van der Waals surface area (Å²) in [6, 6.07) is 4.02. The first-order valence-corrected chi connectivity index (χ1v) is 5.62. The Labute approximate surface area is 101 Å². The summed E-state index contributed by atoms with van der Waals surface area (Å²) >= 11 is 0. The summed E-state index contributed by atoms with van der Waals surface area (Å²) in [5.74, 6) is 0.0430. The van der Waals surface area contributed by atoms with E-state index in [0.29, 0.717) is 24.3 Å². The molecule has 0 radical (unpaired) electrons. The molecule has 3 nitrogen and oxygen atoms in total. The molecular formula is C13H19FO3. The van der Waals surface area contributed by atoms with Crippen molar-refractivity contribution < 1.29 is 19.3 Å². The summed E-state index contributed by atoms with van der Waals surface area (Å²) in [6.07, 6.45) is -0.327. The maximum atomic E-state index is 13.0. The maximum absolute atomic E-state index is 13.0. The van der Waals surface area contributed by atoms with Gasteiger partial charge in [-0.1, -0.05) is 0 Å². The molecule has 0 fully saturated rings. The molecule has 0 spiro atoms. The van der Waals surface area contributed by atoms with Gasteiger partial charge in [0.15, 0.2) is 0 Å². The van der Waals surface area contributed by atoms with Crippen LogP contribution < -0.4 is 4.74 Å². The monoisotopic (exact) mass is 242 g/mol. The molecule has 0 aliphatic rings. The van der Waals surface area contributed by atoms with E-state index in [1.54, 1.807) is 20.8 Å². The summed E-state index contributed by atoms with van der Waals surface area (Å²) in [5.41, 5.74) is -0.383. The second-order valence-corrected chi connectivity index (χ2v) is 4.77. The molecule has 1 aromatic rings. The average Bonchev–Trinajstić information content (AvgIpc) is 2.18. The molecule has 96 valence electrons. The summed E-state index contributed by atoms with van der Waals surface area (Å²) in [7, 11) is 0. The van der Waals surface area contributed by atoms with E-state index in [9.17, 15) is 14.6 Å². The van der Waals surface area contributed by atoms with Crippen LogP contribution in [0, 0.1) is 5.82 Å². The third-order valence-electron chi connectivity index (χ3n) is 2.39. The van der Waals surface area contributed by atoms with Gasteiger partial charge in [0, 0.05) is 12.0 Å². The lowest BCUT2D eigenvalue weighted by molar-refractivity contribution is 0.0548. The number of aliphatic hydroxyl groups is 2. The van der Waals surface area contributed by atoms with Crippen molar-refractivity contribution in [3.63, 3.8) is 0 Å². The lowest BCUT2D eigenvalue weighted by atomic mass is 10.1. The second-order valence-electron chi connectivity index (χ2n) is 4.77. The second kappa shape index (κ2) is 5.47. The third kappa shape index (κ3) is 4.71. The number of rotatable bonds is 5. The van der Waals surface area contributed by atoms with E-state index in [2.05, 4.69) is 0 Å². The molecule has 17 heavy (non-hydrogen) atoms. The quantitative estimate of drug-likeness (QED) is 0.833. The number of hydrogen-bond acceptors (Lipinski definition) is 3. The lowest BCUT2D eigenvalue weighted by Gasteiger charge is -2.18. The summed E-state index contributed by atoms with van der Waals surface area (Å²) in [6.45, 7) is 5.25. The Morgan fingerprint density at radius 2 is 2.06 bits per heavy atom. The standard InChI is InChI=1S/C13H19FO3/c1-9(15)11-8-10(14)4-5-12(11)17-7-6-13(2,3)16/h4-5,8-9,15-16H,6-7H2,1-3H3/t9-/m0/s1. The smallest absolute Gasteiger partial charge is 0.125 e. The Bertz CT molecular complexity index is 369. The first-order valence-electron chi connectivity index (χ1n) is 5.62. The van der Waals surface area contributed by atoms with Crippen LogP contribution >= 0.6 is 0 Å². The van der Waals surface area contributed by atoms with Crippen molar-refractivity contribution in [1.82, 2.24) is 0 Å². The molecule has 0 heterocycles. The maximum Gasteiger partial charge on any atom is 0.125 e. The highest BCUT2D eigenvalue weighted by molar-refractivity contribution is 5.35. The van der Waals surface area contributed by atoms with E-state index in [4.69, 9.17) is 4.74 Å². The minimum Gasteiger partial charge on any atom is -0.493 e. The molecule has 2 N–H and O–H groups in total. The lowest BCUT2D eigenvalue weighted by Crippen LogP contribution is -2.22. The number of halogens is 1. The topological polar surface area (TPSA) is 49.7 Å². The van der Waals surface area contributed by atoms with Gasteiger partial charge in [-0.25, -0.2) is 4.39 Å². The third-order valence-corrected chi connectivity index (χ3v) is 2.39. The van der Waals surface area contributed by atoms with Gasteiger partial charge >= 0.3 is 0 Å². The fourth-order valence-electron chi connectivity index (χ4n) is 1.39. The van der Waals surface area contributed by atoms with Crippen molar-refractivity contribution in [2.45, 2.75) is 38.9 Å². The highest BCUT2D eigenvalue weighted by atomic mass is 19.1. The zero-order valence-electron chi connectivity index (χ0n) is 10.4. The van der Waals surface area contributed by atoms with Crippen LogP contribution in [0.15, 0.2) is 18.2 Å². The average molecular weight is 242 g/mol. The van der Waals surface area contributed by atoms with Crippen LogP contribution in [0.4, 0.5) is 4.39 Å². The largest absolute Gasteiger partial charge is 0.493 e. The van der Waals surface area contributed by atoms with Crippen molar-refractivity contribution >= 4 is 0 Å². The number of benzene rings is 1. The summed E-state index contributed by atoms with van der Waals surface area (Å²) < 4.78 is 18.5. The van der Waals surface area contributed by atoms with Gasteiger partial charge in [-0.3, -0.25) is 0 Å². The Hall–Kier alpha value is -1.13. The summed E-state index contributed by atoms with van der Waals surface area (Å²) in [5, 5.41) is 19.0. The zero-order valence-corrected chi connectivity index (χ0v) is 10.4. The van der Waals surface area contributed by atoms with Crippen LogP contribution in [0.25, 0.3) is 0 Å². The number of hydrogen-bond donors (Lipinski definition) is 2. The van der Waals surface area contributed by atoms with Gasteiger partial charge in [0.2, 0.25) is 0 Å². The van der Waals surface area contributed by atoms with Gasteiger partial charge in [0.1, 0.15) is 11.6 Å². The molecule has 1 rings (SSSR count). The van der Waals surface area contributed by atoms with Gasteiger partial charge in [0.25, 0.3) is 0 Å². The fraction of sp³-hybridized carbons (Fsp3) is 0.538. The highest BCUT2D eigenvalue weighted by Gasteiger charge is 2.14. The van der Waals surface area contributed by atoms with Crippen LogP contribution in [0.1, 0.15) is 38.9 Å². The highest BCUT2D eigenvalue weighted by Crippen LogP contribution is 2.26. The molecule has 1 aromatic carbocycles. The number of ether oxygens (including phenoxy) is 1. The fourth-order valence-corrected chi connectivity index (χ4v) is 1.39. The predicted molar refractivity (Wildman–Crippen MR) is 63.4 cm³/mol. The van der Waals surface area contributed by atoms with E-state index in [1.165, 1.54) is 18.2 Å². The Kier molecular flexibility index (Phi) is 4.48. The molecule has 0 amide bonds. The van der Waals surface area contributed by atoms with Crippen LogP contribution in [-0.2, 0) is 0 Å². The molecule has 0 aromatic heterocycles. The molecule has 4 heteroatoms. The molecule has 0 unspecified atom stereocenters. The van der Waals surface area contributed by atoms with Crippen molar-refractivity contribution in [1.29, 1.82) is 0 Å². The van der Waals surface area contributed by atoms with Gasteiger partial charge in [-0.15, -0.1) is 0 Å². The van der Waals surface area contributed by atoms with Crippen LogP contribution in [0.5, 0.6) is 5.75 Å².